The number of likely N-dealkylation sites (tertiary alicyclic amines) is 1. The largest absolute Gasteiger partial charge is 0.366 e. The molecule has 21 heavy (non-hydrogen) atoms. The van der Waals surface area contributed by atoms with Crippen LogP contribution in [-0.2, 0) is 4.79 Å². The van der Waals surface area contributed by atoms with Crippen LogP contribution in [0.5, 0.6) is 0 Å². The molecule has 0 saturated carbocycles. The van der Waals surface area contributed by atoms with E-state index in [1.807, 2.05) is 0 Å². The van der Waals surface area contributed by atoms with Crippen LogP contribution < -0.4 is 11.1 Å². The van der Waals surface area contributed by atoms with E-state index in [1.54, 1.807) is 24.3 Å². The number of nitrogens with zero attached hydrogens (tertiary/aromatic N) is 1. The molecular weight excluding hydrogens is 266 g/mol. The third-order valence-electron chi connectivity index (χ3n) is 3.77. The maximum Gasteiger partial charge on any atom is 0.248 e. The minimum atomic E-state index is -0.464. The first-order valence-corrected chi connectivity index (χ1v) is 7.57. The number of rotatable bonds is 4. The molecule has 0 bridgehead atoms. The lowest BCUT2D eigenvalue weighted by Crippen LogP contribution is -2.35. The van der Waals surface area contributed by atoms with Gasteiger partial charge in [-0.05, 0) is 50.2 Å². The predicted octanol–water partition coefficient (Wildman–Crippen LogP) is 1.99. The Hall–Kier alpha value is -1.88. The van der Waals surface area contributed by atoms with Crippen LogP contribution in [0.3, 0.4) is 0 Å². The Morgan fingerprint density at radius 2 is 1.57 bits per heavy atom. The number of hydrogen-bond donors (Lipinski definition) is 2. The Balaban J connectivity index is 1.84. The summed E-state index contributed by atoms with van der Waals surface area (Å²) in [4.78, 5) is 25.3. The molecular formula is C16H23N3O2. The highest BCUT2D eigenvalue weighted by atomic mass is 16.2. The van der Waals surface area contributed by atoms with Gasteiger partial charge < -0.3 is 11.1 Å². The van der Waals surface area contributed by atoms with E-state index in [1.165, 1.54) is 32.1 Å². The zero-order valence-corrected chi connectivity index (χ0v) is 12.3. The Bertz CT molecular complexity index is 477. The van der Waals surface area contributed by atoms with E-state index in [0.717, 1.165) is 13.1 Å². The molecule has 1 aromatic rings. The SMILES string of the molecule is NC(=O)c1ccc(NC(=O)CN2CCCCCCC2)cc1. The Morgan fingerprint density at radius 3 is 2.14 bits per heavy atom. The number of hydrogen-bond acceptors (Lipinski definition) is 3. The number of primary amides is 1. The van der Waals surface area contributed by atoms with Gasteiger partial charge in [-0.3, -0.25) is 14.5 Å². The molecule has 1 aliphatic rings. The van der Waals surface area contributed by atoms with Crippen LogP contribution in [0.15, 0.2) is 24.3 Å². The van der Waals surface area contributed by atoms with Crippen LogP contribution in [0.1, 0.15) is 42.5 Å². The third-order valence-corrected chi connectivity index (χ3v) is 3.77. The highest BCUT2D eigenvalue weighted by molar-refractivity contribution is 5.95. The van der Waals surface area contributed by atoms with Gasteiger partial charge in [0.15, 0.2) is 0 Å². The second kappa shape index (κ2) is 7.78. The molecule has 5 nitrogen and oxygen atoms in total. The second-order valence-electron chi connectivity index (χ2n) is 5.53. The van der Waals surface area contributed by atoms with E-state index in [-0.39, 0.29) is 5.91 Å². The van der Waals surface area contributed by atoms with Crippen molar-refractivity contribution in [3.63, 3.8) is 0 Å². The average molecular weight is 289 g/mol. The van der Waals surface area contributed by atoms with Crippen LogP contribution in [-0.4, -0.2) is 36.3 Å². The lowest BCUT2D eigenvalue weighted by atomic mass is 10.1. The minimum absolute atomic E-state index is 0.0117. The quantitative estimate of drug-likeness (QED) is 0.890. The van der Waals surface area contributed by atoms with Crippen molar-refractivity contribution < 1.29 is 9.59 Å². The highest BCUT2D eigenvalue weighted by Crippen LogP contribution is 2.12. The first kappa shape index (κ1) is 15.5. The van der Waals surface area contributed by atoms with Crippen molar-refractivity contribution in [3.8, 4) is 0 Å². The van der Waals surface area contributed by atoms with Gasteiger partial charge in [-0.15, -0.1) is 0 Å². The molecule has 1 saturated heterocycles. The fourth-order valence-electron chi connectivity index (χ4n) is 2.59. The maximum absolute atomic E-state index is 12.1. The molecule has 3 N–H and O–H groups in total. The van der Waals surface area contributed by atoms with Crippen molar-refractivity contribution in [2.24, 2.45) is 5.73 Å². The van der Waals surface area contributed by atoms with Crippen molar-refractivity contribution in [1.82, 2.24) is 4.90 Å². The molecule has 0 atom stereocenters. The van der Waals surface area contributed by atoms with Gasteiger partial charge in [0.25, 0.3) is 0 Å². The maximum atomic E-state index is 12.1. The van der Waals surface area contributed by atoms with Gasteiger partial charge in [0.1, 0.15) is 0 Å². The van der Waals surface area contributed by atoms with Gasteiger partial charge in [-0.2, -0.15) is 0 Å². The molecule has 1 heterocycles. The second-order valence-corrected chi connectivity index (χ2v) is 5.53. The number of nitrogens with two attached hydrogens (primary N) is 1. The fourth-order valence-corrected chi connectivity index (χ4v) is 2.59. The van der Waals surface area contributed by atoms with Crippen LogP contribution in [0.25, 0.3) is 0 Å². The first-order chi connectivity index (χ1) is 10.1. The van der Waals surface area contributed by atoms with E-state index < -0.39 is 5.91 Å². The van der Waals surface area contributed by atoms with E-state index in [2.05, 4.69) is 10.2 Å². The van der Waals surface area contributed by atoms with Crippen LogP contribution in [0, 0.1) is 0 Å². The van der Waals surface area contributed by atoms with Crippen LogP contribution >= 0.6 is 0 Å². The molecule has 0 unspecified atom stereocenters. The van der Waals surface area contributed by atoms with Crippen LogP contribution in [0.4, 0.5) is 5.69 Å². The molecule has 1 aliphatic heterocycles. The van der Waals surface area contributed by atoms with Gasteiger partial charge in [-0.1, -0.05) is 19.3 Å². The number of anilines is 1. The van der Waals surface area contributed by atoms with Crippen molar-refractivity contribution in [2.45, 2.75) is 32.1 Å². The number of nitrogens with one attached hydrogen (secondary N) is 1. The van der Waals surface area contributed by atoms with E-state index >= 15 is 0 Å². The molecule has 1 fully saturated rings. The Labute approximate surface area is 125 Å². The number of carbonyl (C=O) groups excluding carboxylic acids is 2. The molecule has 1 aromatic carbocycles. The van der Waals surface area contributed by atoms with Crippen molar-refractivity contribution in [3.05, 3.63) is 29.8 Å². The fraction of sp³-hybridized carbons (Fsp3) is 0.500. The van der Waals surface area contributed by atoms with Gasteiger partial charge in [0.2, 0.25) is 11.8 Å². The zero-order chi connectivity index (χ0) is 15.1. The monoisotopic (exact) mass is 289 g/mol. The number of carbonyl (C=O) groups is 2. The normalized spacial score (nSPS) is 16.8. The van der Waals surface area contributed by atoms with Gasteiger partial charge in [0, 0.05) is 11.3 Å². The summed E-state index contributed by atoms with van der Waals surface area (Å²) in [6, 6.07) is 6.64. The van der Waals surface area contributed by atoms with Crippen molar-refractivity contribution in [2.75, 3.05) is 25.0 Å². The molecule has 0 aliphatic carbocycles. The molecule has 0 aromatic heterocycles. The summed E-state index contributed by atoms with van der Waals surface area (Å²) in [6.45, 7) is 2.42. The predicted molar refractivity (Wildman–Crippen MR) is 83.1 cm³/mol. The summed E-state index contributed by atoms with van der Waals surface area (Å²) < 4.78 is 0. The minimum Gasteiger partial charge on any atom is -0.366 e. The molecule has 114 valence electrons. The third kappa shape index (κ3) is 5.19. The summed E-state index contributed by atoms with van der Waals surface area (Å²) in [5.41, 5.74) is 6.32. The molecule has 0 spiro atoms. The lowest BCUT2D eigenvalue weighted by molar-refractivity contribution is -0.117. The van der Waals surface area contributed by atoms with E-state index in [0.29, 0.717) is 17.8 Å². The smallest absolute Gasteiger partial charge is 0.248 e. The summed E-state index contributed by atoms with van der Waals surface area (Å²) >= 11 is 0. The van der Waals surface area contributed by atoms with Gasteiger partial charge in [0.05, 0.1) is 6.54 Å². The molecule has 0 radical (unpaired) electrons. The summed E-state index contributed by atoms with van der Waals surface area (Å²) in [5, 5.41) is 2.86. The Morgan fingerprint density at radius 1 is 1.00 bits per heavy atom. The van der Waals surface area contributed by atoms with E-state index in [4.69, 9.17) is 5.73 Å². The summed E-state index contributed by atoms with van der Waals surface area (Å²) in [5.74, 6) is -0.476. The standard InChI is InChI=1S/C16H23N3O2/c17-16(21)13-6-8-14(9-7-13)18-15(20)12-19-10-4-2-1-3-5-11-19/h6-9H,1-5,10-12H2,(H2,17,21)(H,18,20). The zero-order valence-electron chi connectivity index (χ0n) is 12.3. The van der Waals surface area contributed by atoms with Gasteiger partial charge in [-0.25, -0.2) is 0 Å². The average Bonchev–Trinajstić information content (AvgIpc) is 2.42. The summed E-state index contributed by atoms with van der Waals surface area (Å²) in [7, 11) is 0. The Kier molecular flexibility index (Phi) is 5.75. The van der Waals surface area contributed by atoms with Crippen LogP contribution in [0.2, 0.25) is 0 Å². The molecule has 5 heteroatoms. The number of amides is 2. The van der Waals surface area contributed by atoms with Gasteiger partial charge >= 0.3 is 0 Å². The molecule has 2 rings (SSSR count). The summed E-state index contributed by atoms with van der Waals surface area (Å²) in [6.07, 6.45) is 6.16. The van der Waals surface area contributed by atoms with Crippen molar-refractivity contribution >= 4 is 17.5 Å². The van der Waals surface area contributed by atoms with E-state index in [9.17, 15) is 9.59 Å². The number of benzene rings is 1. The highest BCUT2D eigenvalue weighted by Gasteiger charge is 2.12. The molecule has 2 amide bonds. The lowest BCUT2D eigenvalue weighted by Gasteiger charge is -2.23. The van der Waals surface area contributed by atoms with Crippen molar-refractivity contribution in [1.29, 1.82) is 0 Å². The first-order valence-electron chi connectivity index (χ1n) is 7.57. The topological polar surface area (TPSA) is 75.4 Å².